The average molecular weight is 421 g/mol. The molecule has 0 unspecified atom stereocenters. The van der Waals surface area contributed by atoms with Crippen molar-refractivity contribution in [2.75, 3.05) is 18.1 Å². The van der Waals surface area contributed by atoms with Gasteiger partial charge in [-0.2, -0.15) is 0 Å². The minimum atomic E-state index is -3.07. The van der Waals surface area contributed by atoms with Crippen LogP contribution in [0, 0.1) is 13.8 Å². The van der Waals surface area contributed by atoms with E-state index in [1.165, 1.54) is 24.6 Å². The Balaban J connectivity index is 1.33. The van der Waals surface area contributed by atoms with Gasteiger partial charge in [-0.1, -0.05) is 0 Å². The fourth-order valence-electron chi connectivity index (χ4n) is 4.33. The number of aryl methyl sites for hydroxylation is 1. The lowest BCUT2D eigenvalue weighted by atomic mass is 10.2. The maximum absolute atomic E-state index is 12.6. The number of esters is 1. The number of rotatable bonds is 7. The highest BCUT2D eigenvalue weighted by Crippen LogP contribution is 2.38. The van der Waals surface area contributed by atoms with E-state index >= 15 is 0 Å². The van der Waals surface area contributed by atoms with Gasteiger partial charge in [-0.15, -0.1) is 0 Å². The maximum atomic E-state index is 12.6. The smallest absolute Gasteiger partial charge is 0.331 e. The van der Waals surface area contributed by atoms with Gasteiger partial charge in [0.05, 0.1) is 11.5 Å². The number of carbonyl (C=O) groups excluding carboxylic acids is 2. The van der Waals surface area contributed by atoms with Gasteiger partial charge in [-0.3, -0.25) is 4.79 Å². The Bertz CT molecular complexity index is 954. The maximum Gasteiger partial charge on any atom is 0.331 e. The predicted octanol–water partition coefficient (Wildman–Crippen LogP) is 2.17. The average Bonchev–Trinajstić information content (AvgIpc) is 3.57. The van der Waals surface area contributed by atoms with Crippen LogP contribution in [0.1, 0.15) is 55.1 Å². The van der Waals surface area contributed by atoms with E-state index in [0.29, 0.717) is 12.5 Å². The minimum Gasteiger partial charge on any atom is -0.452 e. The molecule has 2 saturated carbocycles. The Morgan fingerprint density at radius 2 is 1.90 bits per heavy atom. The Labute approximate surface area is 171 Å². The first-order chi connectivity index (χ1) is 13.7. The van der Waals surface area contributed by atoms with Gasteiger partial charge in [0.1, 0.15) is 0 Å². The number of nitrogens with zero attached hydrogens (tertiary/aromatic N) is 2. The van der Waals surface area contributed by atoms with Crippen LogP contribution in [0.5, 0.6) is 0 Å². The third-order valence-corrected chi connectivity index (χ3v) is 7.75. The van der Waals surface area contributed by atoms with E-state index in [1.807, 2.05) is 6.92 Å². The molecule has 8 heteroatoms. The molecule has 2 aliphatic carbocycles. The van der Waals surface area contributed by atoms with Crippen LogP contribution in [-0.2, 0) is 24.2 Å². The summed E-state index contributed by atoms with van der Waals surface area (Å²) in [7, 11) is -3.07. The number of hydrogen-bond donors (Lipinski definition) is 0. The van der Waals surface area contributed by atoms with Crippen LogP contribution in [0.25, 0.3) is 6.08 Å². The summed E-state index contributed by atoms with van der Waals surface area (Å²) in [5, 5.41) is 0. The van der Waals surface area contributed by atoms with Crippen LogP contribution in [0.4, 0.5) is 0 Å². The lowest BCUT2D eigenvalue weighted by Gasteiger charge is -2.28. The topological polar surface area (TPSA) is 85.7 Å². The van der Waals surface area contributed by atoms with Crippen LogP contribution in [0.15, 0.2) is 12.1 Å². The van der Waals surface area contributed by atoms with Crippen molar-refractivity contribution >= 4 is 27.8 Å². The van der Waals surface area contributed by atoms with Crippen molar-refractivity contribution in [3.63, 3.8) is 0 Å². The first kappa shape index (κ1) is 20.2. The molecule has 0 aromatic carbocycles. The summed E-state index contributed by atoms with van der Waals surface area (Å²) < 4.78 is 31.0. The zero-order chi connectivity index (χ0) is 20.8. The quantitative estimate of drug-likeness (QED) is 0.499. The SMILES string of the molecule is Cc1cc(/C=C/C(=O)OCC(=O)N(C2CC2)[C@H]2CCS(=O)(=O)C2)c(C)n1C1CC1. The highest BCUT2D eigenvalue weighted by atomic mass is 32.2. The summed E-state index contributed by atoms with van der Waals surface area (Å²) in [5.74, 6) is -0.733. The highest BCUT2D eigenvalue weighted by Gasteiger charge is 2.42. The Morgan fingerprint density at radius 1 is 1.17 bits per heavy atom. The molecule has 0 bridgehead atoms. The molecule has 0 radical (unpaired) electrons. The predicted molar refractivity (Wildman–Crippen MR) is 109 cm³/mol. The van der Waals surface area contributed by atoms with Crippen molar-refractivity contribution < 1.29 is 22.7 Å². The summed E-state index contributed by atoms with van der Waals surface area (Å²) in [6.45, 7) is 3.76. The van der Waals surface area contributed by atoms with Crippen LogP contribution < -0.4 is 0 Å². The van der Waals surface area contributed by atoms with E-state index in [-0.39, 0.29) is 36.1 Å². The third kappa shape index (κ3) is 4.57. The first-order valence-electron chi connectivity index (χ1n) is 10.3. The van der Waals surface area contributed by atoms with Crippen molar-refractivity contribution in [2.24, 2.45) is 0 Å². The van der Waals surface area contributed by atoms with Gasteiger partial charge < -0.3 is 14.2 Å². The lowest BCUT2D eigenvalue weighted by molar-refractivity contribution is -0.149. The van der Waals surface area contributed by atoms with Crippen molar-refractivity contribution in [1.29, 1.82) is 0 Å². The number of sulfone groups is 1. The van der Waals surface area contributed by atoms with E-state index < -0.39 is 15.8 Å². The zero-order valence-electron chi connectivity index (χ0n) is 17.0. The van der Waals surface area contributed by atoms with Gasteiger partial charge in [-0.05, 0) is 63.7 Å². The van der Waals surface area contributed by atoms with Gasteiger partial charge in [0.15, 0.2) is 16.4 Å². The van der Waals surface area contributed by atoms with E-state index in [2.05, 4.69) is 17.6 Å². The van der Waals surface area contributed by atoms with Crippen molar-refractivity contribution in [3.8, 4) is 0 Å². The summed E-state index contributed by atoms with van der Waals surface area (Å²) in [4.78, 5) is 26.4. The van der Waals surface area contributed by atoms with E-state index in [9.17, 15) is 18.0 Å². The standard InChI is InChI=1S/C21H28N2O5S/c1-14-11-16(15(2)22(14)17-4-5-17)3-8-21(25)28-12-20(24)23(18-6-7-18)19-9-10-29(26,27)13-19/h3,8,11,17-19H,4-7,9-10,12-13H2,1-2H3/b8-3+/t19-/m0/s1. The molecule has 1 amide bonds. The second-order valence-electron chi connectivity index (χ2n) is 8.46. The third-order valence-electron chi connectivity index (χ3n) is 6.00. The Morgan fingerprint density at radius 3 is 2.48 bits per heavy atom. The van der Waals surface area contributed by atoms with Crippen LogP contribution >= 0.6 is 0 Å². The molecule has 1 aromatic rings. The highest BCUT2D eigenvalue weighted by molar-refractivity contribution is 7.91. The van der Waals surface area contributed by atoms with Crippen LogP contribution in [0.2, 0.25) is 0 Å². The van der Waals surface area contributed by atoms with E-state index in [4.69, 9.17) is 4.74 Å². The monoisotopic (exact) mass is 420 g/mol. The summed E-state index contributed by atoms with van der Waals surface area (Å²) in [5.41, 5.74) is 3.29. The number of hydrogen-bond acceptors (Lipinski definition) is 5. The molecular formula is C21H28N2O5S. The number of amides is 1. The molecule has 3 fully saturated rings. The molecule has 2 heterocycles. The fourth-order valence-corrected chi connectivity index (χ4v) is 6.04. The molecule has 0 N–H and O–H groups in total. The van der Waals surface area contributed by atoms with Gasteiger partial charge in [0.2, 0.25) is 0 Å². The number of carbonyl (C=O) groups is 2. The fraction of sp³-hybridized carbons (Fsp3) is 0.619. The summed E-state index contributed by atoms with van der Waals surface area (Å²) in [6.07, 6.45) is 7.71. The van der Waals surface area contributed by atoms with E-state index in [1.54, 1.807) is 11.0 Å². The molecule has 4 rings (SSSR count). The zero-order valence-corrected chi connectivity index (χ0v) is 17.8. The van der Waals surface area contributed by atoms with Gasteiger partial charge in [-0.25, -0.2) is 13.2 Å². The molecule has 3 aliphatic rings. The molecule has 1 aliphatic heterocycles. The largest absolute Gasteiger partial charge is 0.452 e. The Kier molecular flexibility index (Phi) is 5.31. The first-order valence-corrected chi connectivity index (χ1v) is 12.1. The molecule has 0 spiro atoms. The molecule has 1 aromatic heterocycles. The molecule has 7 nitrogen and oxygen atoms in total. The van der Waals surface area contributed by atoms with Crippen molar-refractivity contribution in [3.05, 3.63) is 29.1 Å². The number of aromatic nitrogens is 1. The molecule has 1 atom stereocenters. The van der Waals surface area contributed by atoms with Gasteiger partial charge in [0.25, 0.3) is 5.91 Å². The number of ether oxygens (including phenoxy) is 1. The minimum absolute atomic E-state index is 0.0136. The molecule has 29 heavy (non-hydrogen) atoms. The van der Waals surface area contributed by atoms with Gasteiger partial charge in [0, 0.05) is 35.6 Å². The lowest BCUT2D eigenvalue weighted by Crippen LogP contribution is -2.44. The molecular weight excluding hydrogens is 392 g/mol. The molecule has 158 valence electrons. The van der Waals surface area contributed by atoms with Crippen LogP contribution in [0.3, 0.4) is 0 Å². The second kappa shape index (κ2) is 7.63. The normalized spacial score (nSPS) is 23.4. The van der Waals surface area contributed by atoms with Crippen molar-refractivity contribution in [2.45, 2.75) is 64.1 Å². The summed E-state index contributed by atoms with van der Waals surface area (Å²) >= 11 is 0. The van der Waals surface area contributed by atoms with Crippen LogP contribution in [-0.4, -0.2) is 60.0 Å². The summed E-state index contributed by atoms with van der Waals surface area (Å²) in [6, 6.07) is 2.43. The molecule has 1 saturated heterocycles. The second-order valence-corrected chi connectivity index (χ2v) is 10.7. The van der Waals surface area contributed by atoms with E-state index in [0.717, 1.165) is 24.1 Å². The van der Waals surface area contributed by atoms with Crippen molar-refractivity contribution in [1.82, 2.24) is 9.47 Å². The Hall–Kier alpha value is -2.09. The van der Waals surface area contributed by atoms with Gasteiger partial charge >= 0.3 is 5.97 Å².